The summed E-state index contributed by atoms with van der Waals surface area (Å²) in [4.78, 5) is 9.67. The third kappa shape index (κ3) is 2.36. The molecule has 5 heteroatoms. The van der Waals surface area contributed by atoms with Gasteiger partial charge < -0.3 is 5.11 Å². The van der Waals surface area contributed by atoms with E-state index in [0.717, 1.165) is 6.92 Å². The smallest absolute Gasteiger partial charge is 0.319 e. The molecule has 0 aliphatic heterocycles. The Kier molecular flexibility index (Phi) is 3.08. The summed E-state index contributed by atoms with van der Waals surface area (Å²) in [5.41, 5.74) is 0. The van der Waals surface area contributed by atoms with Crippen LogP contribution in [0, 0.1) is 0 Å². The Balaban J connectivity index is 3.82. The van der Waals surface area contributed by atoms with Gasteiger partial charge in [0.05, 0.1) is 0 Å². The summed E-state index contributed by atoms with van der Waals surface area (Å²) < 4.78 is 23.0. The maximum atomic E-state index is 11.5. The van der Waals surface area contributed by atoms with Gasteiger partial charge in [-0.15, -0.1) is 0 Å². The van der Waals surface area contributed by atoms with Crippen LogP contribution in [0.4, 0.5) is 8.78 Å². The number of aliphatic hydroxyl groups is 1. The predicted molar refractivity (Wildman–Crippen MR) is 25.6 cm³/mol. The van der Waals surface area contributed by atoms with Crippen molar-refractivity contribution in [1.82, 2.24) is 4.90 Å². The molecule has 1 unspecified atom stereocenters. The van der Waals surface area contributed by atoms with Crippen LogP contribution in [-0.2, 0) is 4.79 Å². The van der Waals surface area contributed by atoms with Crippen LogP contribution in [0.25, 0.3) is 0 Å². The first-order valence-electron chi connectivity index (χ1n) is 2.28. The SMILES string of the molecule is CC(O)N(C=O)C(F)F. The minimum Gasteiger partial charge on any atom is -0.374 e. The van der Waals surface area contributed by atoms with E-state index < -0.39 is 12.8 Å². The lowest BCUT2D eigenvalue weighted by Gasteiger charge is -2.18. The van der Waals surface area contributed by atoms with Crippen molar-refractivity contribution in [3.63, 3.8) is 0 Å². The van der Waals surface area contributed by atoms with E-state index in [4.69, 9.17) is 5.11 Å². The Hall–Kier alpha value is -0.710. The molecular weight excluding hydrogens is 132 g/mol. The lowest BCUT2D eigenvalue weighted by Crippen LogP contribution is -2.35. The highest BCUT2D eigenvalue weighted by Crippen LogP contribution is 2.02. The lowest BCUT2D eigenvalue weighted by atomic mass is 10.6. The van der Waals surface area contributed by atoms with E-state index in [2.05, 4.69) is 0 Å². The van der Waals surface area contributed by atoms with E-state index in [-0.39, 0.29) is 11.3 Å². The first-order chi connectivity index (χ1) is 4.09. The number of alkyl halides is 2. The Morgan fingerprint density at radius 2 is 2.11 bits per heavy atom. The molecule has 1 N–H and O–H groups in total. The maximum absolute atomic E-state index is 11.5. The molecule has 0 heterocycles. The van der Waals surface area contributed by atoms with Gasteiger partial charge in [0.15, 0.2) is 0 Å². The molecule has 54 valence electrons. The summed E-state index contributed by atoms with van der Waals surface area (Å²) in [5, 5.41) is 8.40. The summed E-state index contributed by atoms with van der Waals surface area (Å²) in [7, 11) is 0. The van der Waals surface area contributed by atoms with Crippen molar-refractivity contribution in [2.45, 2.75) is 19.7 Å². The molecule has 0 saturated carbocycles. The summed E-state index contributed by atoms with van der Waals surface area (Å²) in [6.07, 6.45) is -1.53. The molecule has 1 atom stereocenters. The van der Waals surface area contributed by atoms with Gasteiger partial charge in [-0.3, -0.25) is 9.69 Å². The molecule has 0 aromatic rings. The van der Waals surface area contributed by atoms with Crippen molar-refractivity contribution < 1.29 is 18.7 Å². The standard InChI is InChI=1S/C4H7F2NO2/c1-3(9)7(2-8)4(5)6/h2-4,9H,1H3. The van der Waals surface area contributed by atoms with Gasteiger partial charge in [-0.25, -0.2) is 0 Å². The van der Waals surface area contributed by atoms with Crippen molar-refractivity contribution in [2.75, 3.05) is 0 Å². The Morgan fingerprint density at radius 1 is 1.67 bits per heavy atom. The maximum Gasteiger partial charge on any atom is 0.319 e. The number of carbonyl (C=O) groups is 1. The van der Waals surface area contributed by atoms with Crippen molar-refractivity contribution in [2.24, 2.45) is 0 Å². The van der Waals surface area contributed by atoms with Gasteiger partial charge in [-0.1, -0.05) is 0 Å². The van der Waals surface area contributed by atoms with Crippen molar-refractivity contribution in [3.05, 3.63) is 0 Å². The van der Waals surface area contributed by atoms with Crippen LogP contribution in [0.5, 0.6) is 0 Å². The van der Waals surface area contributed by atoms with Gasteiger partial charge in [0.2, 0.25) is 6.41 Å². The van der Waals surface area contributed by atoms with E-state index in [9.17, 15) is 13.6 Å². The fourth-order valence-electron chi connectivity index (χ4n) is 0.297. The third-order valence-electron chi connectivity index (χ3n) is 0.779. The van der Waals surface area contributed by atoms with Gasteiger partial charge in [0, 0.05) is 0 Å². The average molecular weight is 139 g/mol. The molecule has 0 radical (unpaired) electrons. The average Bonchev–Trinajstić information content (AvgIpc) is 1.64. The van der Waals surface area contributed by atoms with Gasteiger partial charge in [0.1, 0.15) is 6.23 Å². The molecule has 0 spiro atoms. The van der Waals surface area contributed by atoms with Crippen LogP contribution >= 0.6 is 0 Å². The van der Waals surface area contributed by atoms with Crippen LogP contribution in [0.3, 0.4) is 0 Å². The van der Waals surface area contributed by atoms with Gasteiger partial charge in [-0.2, -0.15) is 8.78 Å². The number of nitrogens with zero attached hydrogens (tertiary/aromatic N) is 1. The van der Waals surface area contributed by atoms with Gasteiger partial charge in [0.25, 0.3) is 0 Å². The number of amides is 1. The fourth-order valence-corrected chi connectivity index (χ4v) is 0.297. The van der Waals surface area contributed by atoms with Crippen molar-refractivity contribution in [3.8, 4) is 0 Å². The minimum atomic E-state index is -2.93. The zero-order valence-corrected chi connectivity index (χ0v) is 4.79. The number of halogens is 2. The molecule has 9 heavy (non-hydrogen) atoms. The predicted octanol–water partition coefficient (Wildman–Crippen LogP) is 0.00570. The number of hydrogen-bond acceptors (Lipinski definition) is 2. The van der Waals surface area contributed by atoms with Crippen LogP contribution in [-0.4, -0.2) is 29.2 Å². The number of carbonyl (C=O) groups excluding carboxylic acids is 1. The molecule has 0 bridgehead atoms. The monoisotopic (exact) mass is 139 g/mol. The number of rotatable bonds is 3. The molecule has 0 aliphatic carbocycles. The van der Waals surface area contributed by atoms with Gasteiger partial charge in [-0.05, 0) is 6.92 Å². The normalized spacial score (nSPS) is 13.4. The lowest BCUT2D eigenvalue weighted by molar-refractivity contribution is -0.150. The first kappa shape index (κ1) is 8.29. The minimum absolute atomic E-state index is 0.000000000000000444. The Labute approximate surface area is 50.9 Å². The van der Waals surface area contributed by atoms with E-state index in [1.165, 1.54) is 0 Å². The second kappa shape index (κ2) is 3.34. The summed E-state index contributed by atoms with van der Waals surface area (Å²) in [6, 6.07) is 0. The molecule has 0 saturated heterocycles. The van der Waals surface area contributed by atoms with Gasteiger partial charge >= 0.3 is 6.55 Å². The van der Waals surface area contributed by atoms with Crippen LogP contribution in [0.1, 0.15) is 6.92 Å². The topological polar surface area (TPSA) is 40.5 Å². The molecular formula is C4H7F2NO2. The van der Waals surface area contributed by atoms with Crippen LogP contribution in [0.15, 0.2) is 0 Å². The molecule has 0 fully saturated rings. The van der Waals surface area contributed by atoms with Crippen molar-refractivity contribution >= 4 is 6.41 Å². The zero-order chi connectivity index (χ0) is 7.44. The van der Waals surface area contributed by atoms with E-state index >= 15 is 0 Å². The zero-order valence-electron chi connectivity index (χ0n) is 4.79. The third-order valence-corrected chi connectivity index (χ3v) is 0.779. The van der Waals surface area contributed by atoms with Crippen LogP contribution < -0.4 is 0 Å². The molecule has 1 amide bonds. The van der Waals surface area contributed by atoms with E-state index in [1.54, 1.807) is 0 Å². The molecule has 0 aromatic carbocycles. The molecule has 0 rings (SSSR count). The Bertz CT molecular complexity index is 88.6. The highest BCUT2D eigenvalue weighted by atomic mass is 19.3. The summed E-state index contributed by atoms with van der Waals surface area (Å²) in [6.45, 7) is -1.84. The highest BCUT2D eigenvalue weighted by Gasteiger charge is 2.17. The van der Waals surface area contributed by atoms with Crippen molar-refractivity contribution in [1.29, 1.82) is 0 Å². The summed E-state index contributed by atoms with van der Waals surface area (Å²) in [5.74, 6) is 0. The van der Waals surface area contributed by atoms with E-state index in [0.29, 0.717) is 0 Å². The fraction of sp³-hybridized carbons (Fsp3) is 0.750. The molecule has 0 aromatic heterocycles. The van der Waals surface area contributed by atoms with Crippen LogP contribution in [0.2, 0.25) is 0 Å². The second-order valence-corrected chi connectivity index (χ2v) is 1.46. The largest absolute Gasteiger partial charge is 0.374 e. The quantitative estimate of drug-likeness (QED) is 0.340. The number of hydrogen-bond donors (Lipinski definition) is 1. The second-order valence-electron chi connectivity index (χ2n) is 1.46. The molecule has 3 nitrogen and oxygen atoms in total. The first-order valence-corrected chi connectivity index (χ1v) is 2.28. The van der Waals surface area contributed by atoms with E-state index in [1.807, 2.05) is 0 Å². The summed E-state index contributed by atoms with van der Waals surface area (Å²) >= 11 is 0. The Morgan fingerprint density at radius 3 is 2.11 bits per heavy atom. The highest BCUT2D eigenvalue weighted by molar-refractivity contribution is 5.47. The number of aliphatic hydroxyl groups excluding tert-OH is 1. The molecule has 0 aliphatic rings.